The van der Waals surface area contributed by atoms with Crippen LogP contribution < -0.4 is 4.90 Å². The molecular weight excluding hydrogens is 350 g/mol. The molecule has 0 bridgehead atoms. The molecule has 1 heterocycles. The average molecular weight is 377 g/mol. The first-order valence-corrected chi connectivity index (χ1v) is 9.49. The molecule has 0 fully saturated rings. The van der Waals surface area contributed by atoms with Gasteiger partial charge in [-0.15, -0.1) is 0 Å². The third-order valence-electron chi connectivity index (χ3n) is 5.25. The number of fused-ring (bicyclic) bond motifs is 1. The van der Waals surface area contributed by atoms with Crippen molar-refractivity contribution in [3.8, 4) is 0 Å². The predicted octanol–water partition coefficient (Wildman–Crippen LogP) is 4.75. The number of aryl methyl sites for hydroxylation is 1. The third kappa shape index (κ3) is 3.35. The van der Waals surface area contributed by atoms with E-state index in [1.54, 1.807) is 18.0 Å². The second-order valence-electron chi connectivity index (χ2n) is 8.38. The highest BCUT2D eigenvalue weighted by Gasteiger charge is 2.50. The summed E-state index contributed by atoms with van der Waals surface area (Å²) in [5, 5.41) is 0. The zero-order chi connectivity index (χ0) is 20.5. The monoisotopic (exact) mass is 377 g/mol. The van der Waals surface area contributed by atoms with Gasteiger partial charge in [0.05, 0.1) is 11.7 Å². The molecule has 0 spiro atoms. The number of para-hydroxylation sites is 1. The van der Waals surface area contributed by atoms with Crippen molar-refractivity contribution in [2.24, 2.45) is 5.41 Å². The fraction of sp³-hybridized carbons (Fsp3) is 0.333. The van der Waals surface area contributed by atoms with Gasteiger partial charge in [-0.05, 0) is 57.4 Å². The Hall–Kier alpha value is -2.88. The minimum Gasteiger partial charge on any atom is -0.434 e. The van der Waals surface area contributed by atoms with E-state index in [1.165, 1.54) is 6.26 Å². The summed E-state index contributed by atoms with van der Waals surface area (Å²) in [6.45, 7) is 7.45. The van der Waals surface area contributed by atoms with Gasteiger partial charge in [0.25, 0.3) is 0 Å². The van der Waals surface area contributed by atoms with Crippen LogP contribution in [0.1, 0.15) is 43.9 Å². The van der Waals surface area contributed by atoms with Crippen LogP contribution in [0.25, 0.3) is 0 Å². The summed E-state index contributed by atoms with van der Waals surface area (Å²) in [7, 11) is 1.81. The Kier molecular flexibility index (Phi) is 5.16. The molecule has 0 saturated heterocycles. The van der Waals surface area contributed by atoms with Crippen LogP contribution in [0, 0.1) is 12.3 Å². The number of allylic oxidation sites excluding steroid dienone is 1. The van der Waals surface area contributed by atoms with E-state index in [1.807, 2.05) is 76.2 Å². The fourth-order valence-electron chi connectivity index (χ4n) is 3.58. The molecule has 1 unspecified atom stereocenters. The molecule has 4 nitrogen and oxygen atoms in total. The van der Waals surface area contributed by atoms with E-state index in [0.717, 1.165) is 22.4 Å². The van der Waals surface area contributed by atoms with Gasteiger partial charge < -0.3 is 9.64 Å². The molecule has 2 aromatic rings. The van der Waals surface area contributed by atoms with E-state index in [-0.39, 0.29) is 11.9 Å². The predicted molar refractivity (Wildman–Crippen MR) is 111 cm³/mol. The third-order valence-corrected chi connectivity index (χ3v) is 5.25. The van der Waals surface area contributed by atoms with E-state index < -0.39 is 10.8 Å². The molecule has 3 rings (SSSR count). The maximum absolute atomic E-state index is 13.4. The molecule has 146 valence electrons. The maximum Gasteiger partial charge on any atom is 0.316 e. The summed E-state index contributed by atoms with van der Waals surface area (Å²) < 4.78 is 5.27. The first-order valence-electron chi connectivity index (χ1n) is 9.49. The van der Waals surface area contributed by atoms with Gasteiger partial charge in [0.15, 0.2) is 0 Å². The Balaban J connectivity index is 2.01. The number of ether oxygens (including phenoxy) is 1. The van der Waals surface area contributed by atoms with Gasteiger partial charge in [-0.1, -0.05) is 48.0 Å². The van der Waals surface area contributed by atoms with E-state index in [9.17, 15) is 9.59 Å². The first kappa shape index (κ1) is 19.9. The van der Waals surface area contributed by atoms with Crippen molar-refractivity contribution in [2.45, 2.75) is 39.5 Å². The molecule has 0 saturated carbocycles. The molecule has 1 atom stereocenters. The van der Waals surface area contributed by atoms with E-state index >= 15 is 0 Å². The number of benzene rings is 2. The molecule has 0 aromatic heterocycles. The lowest BCUT2D eigenvalue weighted by atomic mass is 9.72. The van der Waals surface area contributed by atoms with Crippen LogP contribution in [0.2, 0.25) is 0 Å². The molecule has 0 radical (unpaired) electrons. The molecule has 1 aliphatic heterocycles. The van der Waals surface area contributed by atoms with Crippen molar-refractivity contribution in [2.75, 3.05) is 11.9 Å². The zero-order valence-electron chi connectivity index (χ0n) is 17.2. The lowest BCUT2D eigenvalue weighted by Crippen LogP contribution is -2.39. The van der Waals surface area contributed by atoms with Gasteiger partial charge in [-0.2, -0.15) is 0 Å². The van der Waals surface area contributed by atoms with Crippen LogP contribution in [0.15, 0.2) is 60.9 Å². The second-order valence-corrected chi connectivity index (χ2v) is 8.38. The van der Waals surface area contributed by atoms with Crippen molar-refractivity contribution in [3.63, 3.8) is 0 Å². The second kappa shape index (κ2) is 7.27. The molecule has 0 aliphatic carbocycles. The molecule has 0 N–H and O–H groups in total. The normalized spacial score (nSPS) is 19.2. The van der Waals surface area contributed by atoms with Gasteiger partial charge in [0.2, 0.25) is 5.91 Å². The minimum atomic E-state index is -0.830. The minimum absolute atomic E-state index is 0.0179. The number of hydrogen-bond acceptors (Lipinski definition) is 3. The average Bonchev–Trinajstić information content (AvgIpc) is 2.88. The molecule has 1 amide bonds. The smallest absolute Gasteiger partial charge is 0.316 e. The summed E-state index contributed by atoms with van der Waals surface area (Å²) in [4.78, 5) is 27.2. The van der Waals surface area contributed by atoms with Crippen LogP contribution in [0.3, 0.4) is 0 Å². The first-order chi connectivity index (χ1) is 13.2. The number of anilines is 1. The number of carbonyl (C=O) groups is 2. The van der Waals surface area contributed by atoms with Crippen molar-refractivity contribution in [1.82, 2.24) is 0 Å². The number of rotatable bonds is 4. The van der Waals surface area contributed by atoms with Crippen LogP contribution in [0.4, 0.5) is 5.69 Å². The highest BCUT2D eigenvalue weighted by Crippen LogP contribution is 2.48. The summed E-state index contributed by atoms with van der Waals surface area (Å²) >= 11 is 0. The Labute approximate surface area is 166 Å². The van der Waals surface area contributed by atoms with Crippen molar-refractivity contribution < 1.29 is 14.3 Å². The Morgan fingerprint density at radius 3 is 2.39 bits per heavy atom. The van der Waals surface area contributed by atoms with Crippen molar-refractivity contribution in [1.29, 1.82) is 0 Å². The maximum atomic E-state index is 13.4. The number of carbonyl (C=O) groups excluding carboxylic acids is 2. The Bertz CT molecular complexity index is 922. The number of hydrogen-bond donors (Lipinski definition) is 0. The molecule has 4 heteroatoms. The molecule has 1 aliphatic rings. The summed E-state index contributed by atoms with van der Waals surface area (Å²) in [6, 6.07) is 15.9. The van der Waals surface area contributed by atoms with Crippen LogP contribution >= 0.6 is 0 Å². The summed E-state index contributed by atoms with van der Waals surface area (Å²) in [5.41, 5.74) is 2.55. The highest BCUT2D eigenvalue weighted by atomic mass is 16.5. The number of likely N-dealkylation sites (N-methyl/N-ethyl adjacent to an activating group) is 1. The molecular formula is C24H27NO3. The van der Waals surface area contributed by atoms with E-state index in [2.05, 4.69) is 0 Å². The fourth-order valence-corrected chi connectivity index (χ4v) is 3.58. The topological polar surface area (TPSA) is 46.6 Å². The summed E-state index contributed by atoms with van der Waals surface area (Å²) in [5.74, 6) is -0.284. The number of esters is 1. The van der Waals surface area contributed by atoms with Gasteiger partial charge >= 0.3 is 5.97 Å². The SMILES string of the molecule is Cc1ccc(C2(C/C=C/OC(=O)C(C)(C)C)C(=O)N(C)c3ccccc32)cc1. The van der Waals surface area contributed by atoms with Crippen LogP contribution in [0.5, 0.6) is 0 Å². The van der Waals surface area contributed by atoms with Gasteiger partial charge in [-0.25, -0.2) is 0 Å². The Morgan fingerprint density at radius 1 is 1.11 bits per heavy atom. The number of amides is 1. The molecule has 28 heavy (non-hydrogen) atoms. The van der Waals surface area contributed by atoms with Crippen molar-refractivity contribution >= 4 is 17.6 Å². The molecule has 2 aromatic carbocycles. The van der Waals surface area contributed by atoms with Gasteiger partial charge in [0, 0.05) is 12.7 Å². The van der Waals surface area contributed by atoms with Crippen molar-refractivity contribution in [3.05, 3.63) is 77.6 Å². The van der Waals surface area contributed by atoms with E-state index in [0.29, 0.717) is 6.42 Å². The zero-order valence-corrected chi connectivity index (χ0v) is 17.2. The standard InChI is InChI=1S/C24H27NO3/c1-17-11-13-18(14-12-17)24(15-8-16-28-22(27)23(2,3)4)19-9-6-7-10-20(19)25(5)21(24)26/h6-14,16H,15H2,1-5H3/b16-8+. The van der Waals surface area contributed by atoms with Gasteiger partial charge in [0.1, 0.15) is 5.41 Å². The van der Waals surface area contributed by atoms with Crippen LogP contribution in [-0.4, -0.2) is 18.9 Å². The lowest BCUT2D eigenvalue weighted by Gasteiger charge is -2.28. The largest absolute Gasteiger partial charge is 0.434 e. The lowest BCUT2D eigenvalue weighted by molar-refractivity contribution is -0.146. The highest BCUT2D eigenvalue weighted by molar-refractivity contribution is 6.10. The van der Waals surface area contributed by atoms with E-state index in [4.69, 9.17) is 4.74 Å². The summed E-state index contributed by atoms with van der Waals surface area (Å²) in [6.07, 6.45) is 3.60. The Morgan fingerprint density at radius 2 is 1.75 bits per heavy atom. The van der Waals surface area contributed by atoms with Crippen LogP contribution in [-0.2, 0) is 19.7 Å². The quantitative estimate of drug-likeness (QED) is 0.571. The van der Waals surface area contributed by atoms with Gasteiger partial charge in [-0.3, -0.25) is 9.59 Å². The number of nitrogens with zero attached hydrogens (tertiary/aromatic N) is 1.